The van der Waals surface area contributed by atoms with Gasteiger partial charge in [-0.25, -0.2) is 9.59 Å². The first-order valence-corrected chi connectivity index (χ1v) is 10.2. The van der Waals surface area contributed by atoms with E-state index >= 15 is 0 Å². The van der Waals surface area contributed by atoms with Gasteiger partial charge in [0.1, 0.15) is 6.10 Å². The fraction of sp³-hybridized carbons (Fsp3) is 0.600. The van der Waals surface area contributed by atoms with Crippen LogP contribution in [-0.2, 0) is 25.5 Å². The van der Waals surface area contributed by atoms with Gasteiger partial charge in [0.05, 0.1) is 6.10 Å². The minimum atomic E-state index is -5.08. The van der Waals surface area contributed by atoms with Gasteiger partial charge in [0, 0.05) is 25.5 Å². The van der Waals surface area contributed by atoms with Crippen molar-refractivity contribution in [2.45, 2.75) is 43.8 Å². The Morgan fingerprint density at radius 1 is 1.09 bits per heavy atom. The molecule has 1 aromatic heterocycles. The highest BCUT2D eigenvalue weighted by atomic mass is 19.4. The summed E-state index contributed by atoms with van der Waals surface area (Å²) < 4.78 is 69.4. The van der Waals surface area contributed by atoms with E-state index in [9.17, 15) is 31.1 Å². The van der Waals surface area contributed by atoms with Crippen molar-refractivity contribution in [2.24, 2.45) is 5.92 Å². The van der Waals surface area contributed by atoms with Crippen molar-refractivity contribution in [1.29, 1.82) is 0 Å². The number of likely N-dealkylation sites (tertiary alicyclic amines) is 1. The van der Waals surface area contributed by atoms with E-state index in [4.69, 9.17) is 24.5 Å². The predicted molar refractivity (Wildman–Crippen MR) is 107 cm³/mol. The monoisotopic (exact) mass is 517 g/mol. The standard InChI is InChI=1S/C16H23N3O2.2C2HF3O2/c1-19-9-5-13-10-14(21-15(13)11-19)16(20)18-8-4-12-2-6-17-7-3-12;2*3-2(4,5)1(6)7/h2-3,6-7,13-15H,4-5,8-11H2,1H3,(H,18,20);2*(H,6,7)/t13-,14-,15-;;/m0../s1. The second-order valence-electron chi connectivity index (χ2n) is 7.71. The van der Waals surface area contributed by atoms with Crippen LogP contribution in [0.25, 0.3) is 0 Å². The number of alkyl halides is 6. The van der Waals surface area contributed by atoms with Crippen molar-refractivity contribution in [3.8, 4) is 0 Å². The van der Waals surface area contributed by atoms with Crippen LogP contribution >= 0.6 is 0 Å². The molecule has 2 saturated heterocycles. The number of aromatic nitrogens is 1. The number of ether oxygens (including phenoxy) is 1. The minimum absolute atomic E-state index is 0.0427. The second kappa shape index (κ2) is 13.2. The van der Waals surface area contributed by atoms with Crippen LogP contribution in [0, 0.1) is 5.92 Å². The molecule has 1 amide bonds. The number of nitrogens with zero attached hydrogens (tertiary/aromatic N) is 2. The van der Waals surface area contributed by atoms with Crippen LogP contribution in [0.5, 0.6) is 0 Å². The first-order chi connectivity index (χ1) is 16.1. The zero-order valence-electron chi connectivity index (χ0n) is 18.5. The Hall–Kier alpha value is -2.94. The van der Waals surface area contributed by atoms with E-state index in [0.717, 1.165) is 32.4 Å². The van der Waals surface area contributed by atoms with Crippen LogP contribution in [0.3, 0.4) is 0 Å². The molecule has 2 aliphatic heterocycles. The average molecular weight is 517 g/mol. The Labute approximate surface area is 196 Å². The summed E-state index contributed by atoms with van der Waals surface area (Å²) in [6.45, 7) is 2.71. The van der Waals surface area contributed by atoms with Gasteiger partial charge < -0.3 is 25.2 Å². The Morgan fingerprint density at radius 2 is 1.60 bits per heavy atom. The lowest BCUT2D eigenvalue weighted by Crippen LogP contribution is -2.40. The first kappa shape index (κ1) is 30.1. The van der Waals surface area contributed by atoms with Crippen molar-refractivity contribution in [1.82, 2.24) is 15.2 Å². The van der Waals surface area contributed by atoms with E-state index in [1.165, 1.54) is 5.56 Å². The largest absolute Gasteiger partial charge is 0.490 e. The number of hydrogen-bond donors (Lipinski definition) is 3. The normalized spacial score (nSPS) is 22.0. The third-order valence-corrected chi connectivity index (χ3v) is 4.99. The SMILES string of the molecule is CN1CC[C@H]2C[C@@H](C(=O)NCCc3ccncc3)O[C@H]2C1.O=C(O)C(F)(F)F.O=C(O)C(F)(F)F. The summed E-state index contributed by atoms with van der Waals surface area (Å²) in [5.74, 6) is -4.92. The summed E-state index contributed by atoms with van der Waals surface area (Å²) in [5.41, 5.74) is 1.19. The van der Waals surface area contributed by atoms with E-state index in [1.54, 1.807) is 12.4 Å². The van der Waals surface area contributed by atoms with E-state index in [1.807, 2.05) is 12.1 Å². The molecule has 0 aliphatic carbocycles. The van der Waals surface area contributed by atoms with Gasteiger partial charge in [0.15, 0.2) is 0 Å². The molecular formula is C20H25F6N3O6. The molecule has 3 rings (SSSR count). The summed E-state index contributed by atoms with van der Waals surface area (Å²) >= 11 is 0. The zero-order valence-corrected chi connectivity index (χ0v) is 18.5. The van der Waals surface area contributed by atoms with Crippen LogP contribution in [0.1, 0.15) is 18.4 Å². The number of carboxylic acid groups (broad SMARTS) is 2. The molecule has 35 heavy (non-hydrogen) atoms. The molecule has 3 heterocycles. The number of likely N-dealkylation sites (N-methyl/N-ethyl adjacent to an activating group) is 1. The number of carbonyl (C=O) groups is 3. The third-order valence-electron chi connectivity index (χ3n) is 4.99. The summed E-state index contributed by atoms with van der Waals surface area (Å²) in [6, 6.07) is 3.95. The summed E-state index contributed by atoms with van der Waals surface area (Å²) in [4.78, 5) is 36.3. The molecule has 2 aliphatic rings. The number of carboxylic acids is 2. The lowest BCUT2D eigenvalue weighted by atomic mass is 9.92. The molecule has 0 radical (unpaired) electrons. The van der Waals surface area contributed by atoms with Gasteiger partial charge in [-0.05, 0) is 56.5 Å². The number of piperidine rings is 1. The predicted octanol–water partition coefficient (Wildman–Crippen LogP) is 2.12. The molecule has 1 aromatic rings. The highest BCUT2D eigenvalue weighted by molar-refractivity contribution is 5.81. The molecule has 2 fully saturated rings. The second-order valence-corrected chi connectivity index (χ2v) is 7.71. The van der Waals surface area contributed by atoms with Crippen LogP contribution in [-0.4, -0.2) is 89.2 Å². The zero-order chi connectivity index (χ0) is 26.8. The Morgan fingerprint density at radius 3 is 2.09 bits per heavy atom. The Bertz CT molecular complexity index is 813. The maximum Gasteiger partial charge on any atom is 0.490 e. The van der Waals surface area contributed by atoms with E-state index in [-0.39, 0.29) is 18.1 Å². The minimum Gasteiger partial charge on any atom is -0.475 e. The van der Waals surface area contributed by atoms with E-state index < -0.39 is 24.3 Å². The average Bonchev–Trinajstić information content (AvgIpc) is 3.17. The van der Waals surface area contributed by atoms with Crippen molar-refractivity contribution in [2.75, 3.05) is 26.7 Å². The highest BCUT2D eigenvalue weighted by Gasteiger charge is 2.41. The lowest BCUT2D eigenvalue weighted by Gasteiger charge is -2.30. The number of pyridine rings is 1. The summed E-state index contributed by atoms with van der Waals surface area (Å²) in [7, 11) is 2.11. The van der Waals surface area contributed by atoms with Crippen molar-refractivity contribution in [3.63, 3.8) is 0 Å². The van der Waals surface area contributed by atoms with Crippen LogP contribution in [0.2, 0.25) is 0 Å². The number of fused-ring (bicyclic) bond motifs is 1. The quantitative estimate of drug-likeness (QED) is 0.518. The number of aliphatic carboxylic acids is 2. The molecule has 3 atom stereocenters. The highest BCUT2D eigenvalue weighted by Crippen LogP contribution is 2.32. The molecule has 0 aromatic carbocycles. The first-order valence-electron chi connectivity index (χ1n) is 10.2. The van der Waals surface area contributed by atoms with Crippen molar-refractivity contribution in [3.05, 3.63) is 30.1 Å². The molecule has 3 N–H and O–H groups in total. The third kappa shape index (κ3) is 11.4. The maximum atomic E-state index is 12.2. The fourth-order valence-corrected chi connectivity index (χ4v) is 3.25. The Balaban J connectivity index is 0.000000362. The molecule has 0 spiro atoms. The molecular weight excluding hydrogens is 492 g/mol. The van der Waals surface area contributed by atoms with Gasteiger partial charge in [-0.15, -0.1) is 0 Å². The van der Waals surface area contributed by atoms with Crippen molar-refractivity contribution >= 4 is 17.8 Å². The summed E-state index contributed by atoms with van der Waals surface area (Å²) in [6.07, 6.45) is -3.79. The number of carbonyl (C=O) groups excluding carboxylic acids is 1. The van der Waals surface area contributed by atoms with E-state index in [2.05, 4.69) is 22.2 Å². The fourth-order valence-electron chi connectivity index (χ4n) is 3.25. The molecule has 0 unspecified atom stereocenters. The molecule has 15 heteroatoms. The van der Waals surface area contributed by atoms with Gasteiger partial charge in [0.25, 0.3) is 0 Å². The molecule has 9 nitrogen and oxygen atoms in total. The molecule has 0 saturated carbocycles. The van der Waals surface area contributed by atoms with Gasteiger partial charge in [-0.3, -0.25) is 9.78 Å². The van der Waals surface area contributed by atoms with E-state index in [0.29, 0.717) is 12.5 Å². The smallest absolute Gasteiger partial charge is 0.475 e. The molecule has 198 valence electrons. The summed E-state index contributed by atoms with van der Waals surface area (Å²) in [5, 5.41) is 17.2. The number of amides is 1. The molecule has 0 bridgehead atoms. The van der Waals surface area contributed by atoms with Crippen molar-refractivity contribution < 1.29 is 55.7 Å². The number of nitrogens with one attached hydrogen (secondary N) is 1. The van der Waals surface area contributed by atoms with Gasteiger partial charge in [-0.1, -0.05) is 0 Å². The van der Waals surface area contributed by atoms with Crippen LogP contribution in [0.15, 0.2) is 24.5 Å². The number of hydrogen-bond acceptors (Lipinski definition) is 6. The maximum absolute atomic E-state index is 12.2. The lowest BCUT2D eigenvalue weighted by molar-refractivity contribution is -0.193. The van der Waals surface area contributed by atoms with Crippen LogP contribution in [0.4, 0.5) is 26.3 Å². The number of halogens is 6. The number of rotatable bonds is 4. The Kier molecular flexibility index (Phi) is 11.4. The topological polar surface area (TPSA) is 129 Å². The van der Waals surface area contributed by atoms with Crippen LogP contribution < -0.4 is 5.32 Å². The van der Waals surface area contributed by atoms with Gasteiger partial charge in [0.2, 0.25) is 5.91 Å². The van der Waals surface area contributed by atoms with Gasteiger partial charge in [-0.2, -0.15) is 26.3 Å². The van der Waals surface area contributed by atoms with Gasteiger partial charge >= 0.3 is 24.3 Å².